The standard InChI is InChI=1S/C7H5N3O2S/c11-10(12)6-2-5-13-7(6)9-4-1-3-8-9/h1-5H. The van der Waals surface area contributed by atoms with Gasteiger partial charge >= 0.3 is 5.69 Å². The van der Waals surface area contributed by atoms with Gasteiger partial charge in [0.05, 0.1) is 4.92 Å². The van der Waals surface area contributed by atoms with Crippen molar-refractivity contribution in [2.75, 3.05) is 0 Å². The Bertz CT molecular complexity index is 421. The fraction of sp³-hybridized carbons (Fsp3) is 0. The van der Waals surface area contributed by atoms with Crippen LogP contribution in [0.15, 0.2) is 29.9 Å². The second kappa shape index (κ2) is 2.98. The molecule has 2 heterocycles. The van der Waals surface area contributed by atoms with E-state index in [1.54, 1.807) is 23.8 Å². The minimum Gasteiger partial charge on any atom is -0.258 e. The third kappa shape index (κ3) is 1.31. The van der Waals surface area contributed by atoms with Crippen molar-refractivity contribution in [3.8, 4) is 5.00 Å². The van der Waals surface area contributed by atoms with Crippen molar-refractivity contribution in [1.29, 1.82) is 0 Å². The quantitative estimate of drug-likeness (QED) is 0.542. The molecular formula is C7H5N3O2S. The maximum Gasteiger partial charge on any atom is 0.305 e. The Labute approximate surface area is 77.4 Å². The zero-order valence-corrected chi connectivity index (χ0v) is 7.27. The van der Waals surface area contributed by atoms with Gasteiger partial charge in [0.2, 0.25) is 0 Å². The van der Waals surface area contributed by atoms with Crippen LogP contribution in [0.1, 0.15) is 0 Å². The molecule has 66 valence electrons. The lowest BCUT2D eigenvalue weighted by Gasteiger charge is -1.94. The summed E-state index contributed by atoms with van der Waals surface area (Å²) in [4.78, 5) is 10.1. The summed E-state index contributed by atoms with van der Waals surface area (Å²) in [5, 5.41) is 16.7. The van der Waals surface area contributed by atoms with E-state index in [0.717, 1.165) is 0 Å². The lowest BCUT2D eigenvalue weighted by atomic mass is 10.5. The molecule has 0 N–H and O–H groups in total. The Morgan fingerprint density at radius 3 is 3.08 bits per heavy atom. The molecule has 2 aromatic rings. The molecule has 5 nitrogen and oxygen atoms in total. The van der Waals surface area contributed by atoms with Gasteiger partial charge < -0.3 is 0 Å². The molecule has 0 bridgehead atoms. The first-order chi connectivity index (χ1) is 6.29. The van der Waals surface area contributed by atoms with E-state index in [0.29, 0.717) is 5.00 Å². The molecule has 0 aliphatic rings. The number of aromatic nitrogens is 2. The van der Waals surface area contributed by atoms with Crippen LogP contribution in [-0.4, -0.2) is 14.7 Å². The summed E-state index contributed by atoms with van der Waals surface area (Å²) in [5.74, 6) is 0. The predicted octanol–water partition coefficient (Wildman–Crippen LogP) is 1.84. The molecule has 2 aromatic heterocycles. The smallest absolute Gasteiger partial charge is 0.258 e. The van der Waals surface area contributed by atoms with Crippen molar-refractivity contribution in [2.24, 2.45) is 0 Å². The summed E-state index contributed by atoms with van der Waals surface area (Å²) in [6, 6.07) is 3.20. The fourth-order valence-corrected chi connectivity index (χ4v) is 1.80. The molecule has 6 heteroatoms. The lowest BCUT2D eigenvalue weighted by Crippen LogP contribution is -1.95. The number of thiophene rings is 1. The first kappa shape index (κ1) is 7.93. The minimum atomic E-state index is -0.409. The Balaban J connectivity index is 2.52. The molecule has 0 aromatic carbocycles. The van der Waals surface area contributed by atoms with Gasteiger partial charge in [-0.2, -0.15) is 5.10 Å². The Hall–Kier alpha value is -1.69. The number of hydrogen-bond acceptors (Lipinski definition) is 4. The van der Waals surface area contributed by atoms with E-state index in [1.807, 2.05) is 0 Å². The molecule has 0 saturated heterocycles. The highest BCUT2D eigenvalue weighted by Gasteiger charge is 2.16. The molecule has 0 aliphatic heterocycles. The van der Waals surface area contributed by atoms with E-state index in [9.17, 15) is 10.1 Å². The van der Waals surface area contributed by atoms with E-state index in [2.05, 4.69) is 5.10 Å². The van der Waals surface area contributed by atoms with Crippen LogP contribution in [0.25, 0.3) is 5.00 Å². The largest absolute Gasteiger partial charge is 0.305 e. The van der Waals surface area contributed by atoms with Crippen LogP contribution in [0.5, 0.6) is 0 Å². The number of rotatable bonds is 2. The topological polar surface area (TPSA) is 61.0 Å². The third-order valence-corrected chi connectivity index (χ3v) is 2.43. The third-order valence-electron chi connectivity index (χ3n) is 1.53. The first-order valence-electron chi connectivity index (χ1n) is 3.51. The SMILES string of the molecule is O=[N+]([O-])c1ccsc1-n1cccn1. The summed E-state index contributed by atoms with van der Waals surface area (Å²) in [6.45, 7) is 0. The predicted molar refractivity (Wildman–Crippen MR) is 48.1 cm³/mol. The molecular weight excluding hydrogens is 190 g/mol. The normalized spacial score (nSPS) is 10.2. The zero-order chi connectivity index (χ0) is 9.26. The molecule has 0 unspecified atom stereocenters. The van der Waals surface area contributed by atoms with Crippen LogP contribution in [0.4, 0.5) is 5.69 Å². The first-order valence-corrected chi connectivity index (χ1v) is 4.39. The Kier molecular flexibility index (Phi) is 1.82. The van der Waals surface area contributed by atoms with Crippen molar-refractivity contribution in [1.82, 2.24) is 9.78 Å². The fourth-order valence-electron chi connectivity index (χ4n) is 0.994. The minimum absolute atomic E-state index is 0.0914. The van der Waals surface area contributed by atoms with Crippen molar-refractivity contribution >= 4 is 17.0 Å². The van der Waals surface area contributed by atoms with Gasteiger partial charge in [-0.25, -0.2) is 4.68 Å². The summed E-state index contributed by atoms with van der Waals surface area (Å²) in [5.41, 5.74) is 0.0914. The van der Waals surface area contributed by atoms with E-state index < -0.39 is 4.92 Å². The second-order valence-electron chi connectivity index (χ2n) is 2.32. The molecule has 13 heavy (non-hydrogen) atoms. The lowest BCUT2D eigenvalue weighted by molar-refractivity contribution is -0.384. The van der Waals surface area contributed by atoms with E-state index in [1.165, 1.54) is 22.1 Å². The highest BCUT2D eigenvalue weighted by Crippen LogP contribution is 2.27. The monoisotopic (exact) mass is 195 g/mol. The molecule has 0 atom stereocenters. The van der Waals surface area contributed by atoms with Gasteiger partial charge in [0.1, 0.15) is 0 Å². The number of nitro groups is 1. The number of nitrogens with zero attached hydrogens (tertiary/aromatic N) is 3. The van der Waals surface area contributed by atoms with Crippen molar-refractivity contribution < 1.29 is 4.92 Å². The second-order valence-corrected chi connectivity index (χ2v) is 3.21. The molecule has 0 saturated carbocycles. The van der Waals surface area contributed by atoms with Gasteiger partial charge in [-0.15, -0.1) is 11.3 Å². The Morgan fingerprint density at radius 2 is 2.46 bits per heavy atom. The highest BCUT2D eigenvalue weighted by atomic mass is 32.1. The summed E-state index contributed by atoms with van der Waals surface area (Å²) >= 11 is 1.29. The molecule has 0 fully saturated rings. The van der Waals surface area contributed by atoms with E-state index >= 15 is 0 Å². The van der Waals surface area contributed by atoms with Gasteiger partial charge in [-0.3, -0.25) is 10.1 Å². The average molecular weight is 195 g/mol. The van der Waals surface area contributed by atoms with Crippen molar-refractivity contribution in [2.45, 2.75) is 0 Å². The van der Waals surface area contributed by atoms with Gasteiger partial charge in [0.15, 0.2) is 5.00 Å². The van der Waals surface area contributed by atoms with Crippen LogP contribution in [0.2, 0.25) is 0 Å². The summed E-state index contributed by atoms with van der Waals surface area (Å²) < 4.78 is 1.49. The van der Waals surface area contributed by atoms with Crippen molar-refractivity contribution in [3.05, 3.63) is 40.0 Å². The van der Waals surface area contributed by atoms with Crippen LogP contribution < -0.4 is 0 Å². The van der Waals surface area contributed by atoms with Gasteiger partial charge in [0.25, 0.3) is 0 Å². The average Bonchev–Trinajstić information content (AvgIpc) is 2.74. The summed E-state index contributed by atoms with van der Waals surface area (Å²) in [6.07, 6.45) is 3.27. The molecule has 0 aliphatic carbocycles. The van der Waals surface area contributed by atoms with Crippen molar-refractivity contribution in [3.63, 3.8) is 0 Å². The maximum atomic E-state index is 10.5. The molecule has 0 radical (unpaired) electrons. The summed E-state index contributed by atoms with van der Waals surface area (Å²) in [7, 11) is 0. The van der Waals surface area contributed by atoms with Crippen LogP contribution in [0, 0.1) is 10.1 Å². The van der Waals surface area contributed by atoms with E-state index in [-0.39, 0.29) is 5.69 Å². The molecule has 0 amide bonds. The van der Waals surface area contributed by atoms with Crippen LogP contribution >= 0.6 is 11.3 Å². The van der Waals surface area contributed by atoms with Gasteiger partial charge in [-0.1, -0.05) is 0 Å². The van der Waals surface area contributed by atoms with Crippen LogP contribution in [-0.2, 0) is 0 Å². The van der Waals surface area contributed by atoms with E-state index in [4.69, 9.17) is 0 Å². The number of hydrogen-bond donors (Lipinski definition) is 0. The highest BCUT2D eigenvalue weighted by molar-refractivity contribution is 7.13. The van der Waals surface area contributed by atoms with Crippen LogP contribution in [0.3, 0.4) is 0 Å². The molecule has 0 spiro atoms. The van der Waals surface area contributed by atoms with Gasteiger partial charge in [0, 0.05) is 23.8 Å². The Morgan fingerprint density at radius 1 is 1.62 bits per heavy atom. The molecule has 2 rings (SSSR count). The maximum absolute atomic E-state index is 10.5. The zero-order valence-electron chi connectivity index (χ0n) is 6.45. The van der Waals surface area contributed by atoms with Gasteiger partial charge in [-0.05, 0) is 6.07 Å².